The number of carbonyl (C=O) groups excluding carboxylic acids is 2. The zero-order chi connectivity index (χ0) is 30.2. The molecule has 3 aromatic carbocycles. The fourth-order valence-electron chi connectivity index (χ4n) is 5.47. The van der Waals surface area contributed by atoms with Crippen LogP contribution in [0.1, 0.15) is 56.3 Å². The van der Waals surface area contributed by atoms with Gasteiger partial charge in [-0.1, -0.05) is 42.3 Å². The summed E-state index contributed by atoms with van der Waals surface area (Å²) >= 11 is 7.47. The zero-order valence-corrected chi connectivity index (χ0v) is 25.6. The molecule has 3 heterocycles. The van der Waals surface area contributed by atoms with E-state index in [1.54, 1.807) is 48.5 Å². The van der Waals surface area contributed by atoms with Crippen LogP contribution in [0.4, 0.5) is 5.13 Å². The van der Waals surface area contributed by atoms with E-state index in [-0.39, 0.29) is 17.4 Å². The van der Waals surface area contributed by atoms with Gasteiger partial charge >= 0.3 is 5.91 Å². The minimum Gasteiger partial charge on any atom is -0.507 e. The summed E-state index contributed by atoms with van der Waals surface area (Å²) in [5.74, 6) is -0.0465. The molecule has 2 aliphatic rings. The quantitative estimate of drug-likeness (QED) is 0.0899. The highest BCUT2D eigenvalue weighted by Gasteiger charge is 2.48. The number of unbranched alkanes of at least 4 members (excludes halogenated alkanes) is 1. The van der Waals surface area contributed by atoms with Gasteiger partial charge < -0.3 is 19.3 Å². The number of ether oxygens (including phenoxy) is 3. The normalized spacial score (nSPS) is 19.1. The van der Waals surface area contributed by atoms with Crippen LogP contribution < -0.4 is 19.1 Å². The molecule has 0 saturated carbocycles. The first-order valence-electron chi connectivity index (χ1n) is 14.4. The predicted octanol–water partition coefficient (Wildman–Crippen LogP) is 7.48. The number of aromatic nitrogens is 1. The second-order valence-corrected chi connectivity index (χ2v) is 12.0. The van der Waals surface area contributed by atoms with Crippen molar-refractivity contribution in [2.45, 2.75) is 52.2 Å². The molecule has 0 aliphatic carbocycles. The summed E-state index contributed by atoms with van der Waals surface area (Å²) in [4.78, 5) is 33.6. The number of hydrogen-bond donors (Lipinski definition) is 1. The van der Waals surface area contributed by atoms with E-state index in [0.717, 1.165) is 28.9 Å². The van der Waals surface area contributed by atoms with Crippen molar-refractivity contribution in [3.8, 4) is 17.2 Å². The molecule has 2 atom stereocenters. The van der Waals surface area contributed by atoms with Crippen LogP contribution in [0.15, 0.2) is 60.2 Å². The standard InChI is InChI=1S/C33H31ClN2O6S/c1-4-6-13-41-25-12-7-19(16-26(25)40-5-2)29-28(30(37)20-8-11-24-21(15-20)14-18(3)42-24)31(38)32(39)36(29)33-35-23-10-9-22(34)17-27(23)43-33/h7-12,15-18,29,37H,4-6,13-14H2,1-3H3/b30-28+/t18-,29-/m1/s1. The van der Waals surface area contributed by atoms with Crippen LogP contribution in [0.25, 0.3) is 16.0 Å². The summed E-state index contributed by atoms with van der Waals surface area (Å²) in [6, 6.07) is 14.9. The number of Topliss-reactive ketones (excluding diaryl/α,β-unsaturated/α-hetero) is 1. The second-order valence-electron chi connectivity index (χ2n) is 10.6. The van der Waals surface area contributed by atoms with Gasteiger partial charge in [0.2, 0.25) is 0 Å². The number of aliphatic hydroxyl groups excluding tert-OH is 1. The highest BCUT2D eigenvalue weighted by Crippen LogP contribution is 2.46. The topological polar surface area (TPSA) is 98.2 Å². The number of halogens is 1. The molecular weight excluding hydrogens is 588 g/mol. The summed E-state index contributed by atoms with van der Waals surface area (Å²) in [6.45, 7) is 6.86. The third-order valence-corrected chi connectivity index (χ3v) is 8.75. The van der Waals surface area contributed by atoms with E-state index in [1.165, 1.54) is 16.2 Å². The number of hydrogen-bond acceptors (Lipinski definition) is 8. The molecule has 0 spiro atoms. The molecule has 10 heteroatoms. The number of benzene rings is 3. The molecular formula is C33H31ClN2O6S. The van der Waals surface area contributed by atoms with Crippen molar-refractivity contribution in [1.82, 2.24) is 4.98 Å². The molecule has 8 nitrogen and oxygen atoms in total. The largest absolute Gasteiger partial charge is 0.507 e. The van der Waals surface area contributed by atoms with E-state index in [2.05, 4.69) is 11.9 Å². The van der Waals surface area contributed by atoms with Crippen LogP contribution in [0.2, 0.25) is 5.02 Å². The van der Waals surface area contributed by atoms with E-state index >= 15 is 0 Å². The molecule has 222 valence electrons. The van der Waals surface area contributed by atoms with Crippen molar-refractivity contribution < 1.29 is 28.9 Å². The summed E-state index contributed by atoms with van der Waals surface area (Å²) in [6.07, 6.45) is 2.57. The van der Waals surface area contributed by atoms with Gasteiger partial charge in [-0.25, -0.2) is 4.98 Å². The molecule has 2 aliphatic heterocycles. The van der Waals surface area contributed by atoms with Gasteiger partial charge in [0, 0.05) is 17.0 Å². The van der Waals surface area contributed by atoms with Crippen LogP contribution in [0.3, 0.4) is 0 Å². The minimum absolute atomic E-state index is 0.0144. The molecule has 0 radical (unpaired) electrons. The SMILES string of the molecule is CCCCOc1ccc([C@@H]2/C(=C(\O)c3ccc4c(c3)C[C@@H](C)O4)C(=O)C(=O)N2c2nc3ccc(Cl)cc3s2)cc1OCC. The van der Waals surface area contributed by atoms with Crippen LogP contribution in [0, 0.1) is 0 Å². The lowest BCUT2D eigenvalue weighted by Crippen LogP contribution is -2.29. The Hall–Kier alpha value is -4.08. The third kappa shape index (κ3) is 5.43. The number of fused-ring (bicyclic) bond motifs is 2. The van der Waals surface area contributed by atoms with Crippen molar-refractivity contribution in [3.63, 3.8) is 0 Å². The first kappa shape index (κ1) is 29.0. The molecule has 0 unspecified atom stereocenters. The van der Waals surface area contributed by atoms with Gasteiger partial charge in [-0.2, -0.15) is 0 Å². The van der Waals surface area contributed by atoms with Crippen LogP contribution in [-0.4, -0.2) is 41.1 Å². The Morgan fingerprint density at radius 2 is 1.93 bits per heavy atom. The first-order valence-corrected chi connectivity index (χ1v) is 15.5. The van der Waals surface area contributed by atoms with E-state index in [0.29, 0.717) is 57.9 Å². The number of aliphatic hydroxyl groups is 1. The summed E-state index contributed by atoms with van der Waals surface area (Å²) in [5.41, 5.74) is 2.55. The molecule has 43 heavy (non-hydrogen) atoms. The Labute approximate surface area is 258 Å². The maximum atomic E-state index is 13.8. The molecule has 1 aromatic heterocycles. The van der Waals surface area contributed by atoms with Crippen molar-refractivity contribution >= 4 is 55.7 Å². The lowest BCUT2D eigenvalue weighted by atomic mass is 9.94. The van der Waals surface area contributed by atoms with Gasteiger partial charge in [-0.15, -0.1) is 0 Å². The zero-order valence-electron chi connectivity index (χ0n) is 24.1. The van der Waals surface area contributed by atoms with Crippen LogP contribution in [0.5, 0.6) is 17.2 Å². The number of thiazole rings is 1. The Morgan fingerprint density at radius 3 is 2.72 bits per heavy atom. The fourth-order valence-corrected chi connectivity index (χ4v) is 6.74. The third-order valence-electron chi connectivity index (χ3n) is 7.50. The summed E-state index contributed by atoms with van der Waals surface area (Å²) in [5, 5.41) is 12.6. The maximum Gasteiger partial charge on any atom is 0.301 e. The maximum absolute atomic E-state index is 13.8. The number of ketones is 1. The molecule has 6 rings (SSSR count). The van der Waals surface area contributed by atoms with Crippen molar-refractivity contribution in [2.75, 3.05) is 18.1 Å². The molecule has 4 aromatic rings. The molecule has 1 fully saturated rings. The van der Waals surface area contributed by atoms with E-state index in [9.17, 15) is 14.7 Å². The molecule has 1 saturated heterocycles. The van der Waals surface area contributed by atoms with E-state index in [1.807, 2.05) is 19.9 Å². The van der Waals surface area contributed by atoms with Gasteiger partial charge in [0.1, 0.15) is 17.6 Å². The van der Waals surface area contributed by atoms with Gasteiger partial charge in [-0.3, -0.25) is 14.5 Å². The monoisotopic (exact) mass is 618 g/mol. The number of nitrogens with zero attached hydrogens (tertiary/aromatic N) is 2. The van der Waals surface area contributed by atoms with Crippen molar-refractivity contribution in [2.24, 2.45) is 0 Å². The summed E-state index contributed by atoms with van der Waals surface area (Å²) in [7, 11) is 0. The lowest BCUT2D eigenvalue weighted by molar-refractivity contribution is -0.132. The lowest BCUT2D eigenvalue weighted by Gasteiger charge is -2.24. The molecule has 1 N–H and O–H groups in total. The predicted molar refractivity (Wildman–Crippen MR) is 168 cm³/mol. The number of amides is 1. The average molecular weight is 619 g/mol. The molecule has 0 bridgehead atoms. The van der Waals surface area contributed by atoms with Gasteiger partial charge in [0.05, 0.1) is 35.0 Å². The van der Waals surface area contributed by atoms with Gasteiger partial charge in [0.25, 0.3) is 5.78 Å². The Bertz CT molecular complexity index is 1770. The highest BCUT2D eigenvalue weighted by atomic mass is 35.5. The number of carbonyl (C=O) groups is 2. The average Bonchev–Trinajstić information content (AvgIpc) is 3.65. The van der Waals surface area contributed by atoms with Crippen LogP contribution >= 0.6 is 22.9 Å². The minimum atomic E-state index is -0.969. The Balaban J connectivity index is 1.51. The second kappa shape index (κ2) is 11.9. The first-order chi connectivity index (χ1) is 20.8. The Morgan fingerprint density at radius 1 is 1.09 bits per heavy atom. The van der Waals surface area contributed by atoms with Crippen molar-refractivity contribution in [3.05, 3.63) is 81.9 Å². The van der Waals surface area contributed by atoms with E-state index < -0.39 is 17.7 Å². The van der Waals surface area contributed by atoms with Crippen molar-refractivity contribution in [1.29, 1.82) is 0 Å². The fraction of sp³-hybridized carbons (Fsp3) is 0.303. The van der Waals surface area contributed by atoms with Crippen LogP contribution in [-0.2, 0) is 16.0 Å². The smallest absolute Gasteiger partial charge is 0.301 e. The molecule has 1 amide bonds. The summed E-state index contributed by atoms with van der Waals surface area (Å²) < 4.78 is 18.5. The van der Waals surface area contributed by atoms with Gasteiger partial charge in [0.15, 0.2) is 16.6 Å². The highest BCUT2D eigenvalue weighted by molar-refractivity contribution is 7.22. The van der Waals surface area contributed by atoms with Gasteiger partial charge in [-0.05, 0) is 79.9 Å². The van der Waals surface area contributed by atoms with E-state index in [4.69, 9.17) is 25.8 Å². The Kier molecular flexibility index (Phi) is 8.03. The number of anilines is 1. The number of rotatable bonds is 9.